The predicted octanol–water partition coefficient (Wildman–Crippen LogP) is 4.04. The zero-order valence-corrected chi connectivity index (χ0v) is 14.7. The van der Waals surface area contributed by atoms with Crippen molar-refractivity contribution in [2.45, 2.75) is 33.3 Å². The van der Waals surface area contributed by atoms with Crippen molar-refractivity contribution in [2.24, 2.45) is 11.0 Å². The molecule has 0 spiro atoms. The third kappa shape index (κ3) is 5.70. The van der Waals surface area contributed by atoms with Crippen molar-refractivity contribution >= 4 is 12.0 Å². The van der Waals surface area contributed by atoms with Crippen LogP contribution < -0.4 is 14.9 Å². The van der Waals surface area contributed by atoms with Gasteiger partial charge in [0.2, 0.25) is 0 Å². The van der Waals surface area contributed by atoms with Gasteiger partial charge in [0, 0.05) is 6.21 Å². The van der Waals surface area contributed by atoms with E-state index in [2.05, 4.69) is 34.3 Å². The molecular formula is C18H23FN4O2. The number of benzene rings is 1. The smallest absolute Gasteiger partial charge is 0.318 e. The van der Waals surface area contributed by atoms with Gasteiger partial charge in [-0.1, -0.05) is 26.0 Å². The van der Waals surface area contributed by atoms with E-state index >= 15 is 0 Å². The molecule has 1 heterocycles. The van der Waals surface area contributed by atoms with E-state index in [1.54, 1.807) is 13.3 Å². The quantitative estimate of drug-likeness (QED) is 0.548. The van der Waals surface area contributed by atoms with Gasteiger partial charge in [-0.15, -0.1) is 0 Å². The molecule has 0 aliphatic heterocycles. The Morgan fingerprint density at radius 2 is 2.12 bits per heavy atom. The highest BCUT2D eigenvalue weighted by molar-refractivity contribution is 5.61. The number of aromatic nitrogens is 2. The molecule has 0 amide bonds. The van der Waals surface area contributed by atoms with Crippen LogP contribution in [0.25, 0.3) is 0 Å². The molecule has 1 aromatic heterocycles. The fourth-order valence-corrected chi connectivity index (χ4v) is 2.11. The summed E-state index contributed by atoms with van der Waals surface area (Å²) >= 11 is 0. The van der Waals surface area contributed by atoms with E-state index in [1.807, 2.05) is 24.3 Å². The third-order valence-corrected chi connectivity index (χ3v) is 3.73. The summed E-state index contributed by atoms with van der Waals surface area (Å²) in [6.07, 6.45) is 4.77. The van der Waals surface area contributed by atoms with Crippen LogP contribution in [0.3, 0.4) is 0 Å². The van der Waals surface area contributed by atoms with Crippen LogP contribution >= 0.6 is 0 Å². The van der Waals surface area contributed by atoms with Crippen molar-refractivity contribution in [2.75, 3.05) is 12.5 Å². The van der Waals surface area contributed by atoms with Crippen molar-refractivity contribution in [3.63, 3.8) is 0 Å². The molecule has 0 bridgehead atoms. The number of anilines is 1. The molecule has 0 unspecified atom stereocenters. The van der Waals surface area contributed by atoms with Crippen LogP contribution in [0.1, 0.15) is 32.3 Å². The van der Waals surface area contributed by atoms with E-state index in [0.29, 0.717) is 5.92 Å². The predicted molar refractivity (Wildman–Crippen MR) is 95.5 cm³/mol. The topological polar surface area (TPSA) is 68.6 Å². The van der Waals surface area contributed by atoms with Crippen molar-refractivity contribution < 1.29 is 13.9 Å². The van der Waals surface area contributed by atoms with E-state index in [9.17, 15) is 4.39 Å². The molecule has 0 radical (unpaired) electrons. The maximum absolute atomic E-state index is 13.8. The molecule has 0 aliphatic carbocycles. The van der Waals surface area contributed by atoms with Gasteiger partial charge in [-0.2, -0.15) is 10.1 Å². The summed E-state index contributed by atoms with van der Waals surface area (Å²) in [5.41, 5.74) is 3.51. The van der Waals surface area contributed by atoms with Crippen LogP contribution in [0.15, 0.2) is 35.6 Å². The summed E-state index contributed by atoms with van der Waals surface area (Å²) in [5, 5.41) is 4.05. The van der Waals surface area contributed by atoms with Crippen molar-refractivity contribution in [3.05, 3.63) is 41.8 Å². The molecule has 134 valence electrons. The third-order valence-electron chi connectivity index (χ3n) is 3.73. The van der Waals surface area contributed by atoms with Gasteiger partial charge in [-0.3, -0.25) is 5.43 Å². The van der Waals surface area contributed by atoms with Crippen LogP contribution in [0.4, 0.5) is 10.2 Å². The lowest BCUT2D eigenvalue weighted by Crippen LogP contribution is -2.05. The average molecular weight is 346 g/mol. The molecule has 25 heavy (non-hydrogen) atoms. The van der Waals surface area contributed by atoms with E-state index < -0.39 is 5.82 Å². The SMILES string of the molecule is CCC(/C=N/Nc1nc(OCc2cccc(OC)c2)ncc1F)CC. The molecule has 6 nitrogen and oxygen atoms in total. The summed E-state index contributed by atoms with van der Waals surface area (Å²) in [7, 11) is 1.60. The molecule has 2 aromatic rings. The van der Waals surface area contributed by atoms with Gasteiger partial charge in [0.25, 0.3) is 0 Å². The lowest BCUT2D eigenvalue weighted by molar-refractivity contribution is 0.279. The number of hydrogen-bond donors (Lipinski definition) is 1. The molecule has 0 atom stereocenters. The van der Waals surface area contributed by atoms with Crippen molar-refractivity contribution in [1.29, 1.82) is 0 Å². The highest BCUT2D eigenvalue weighted by atomic mass is 19.1. The van der Waals surface area contributed by atoms with E-state index in [0.717, 1.165) is 30.4 Å². The number of nitrogens with one attached hydrogen (secondary N) is 1. The lowest BCUT2D eigenvalue weighted by atomic mass is 10.1. The monoisotopic (exact) mass is 346 g/mol. The number of rotatable bonds is 9. The minimum Gasteiger partial charge on any atom is -0.497 e. The van der Waals surface area contributed by atoms with Crippen LogP contribution in [-0.4, -0.2) is 23.3 Å². The number of nitrogens with zero attached hydrogens (tertiary/aromatic N) is 3. The highest BCUT2D eigenvalue weighted by Gasteiger charge is 2.08. The van der Waals surface area contributed by atoms with Crippen molar-refractivity contribution in [3.8, 4) is 11.8 Å². The first-order chi connectivity index (χ1) is 12.2. The van der Waals surface area contributed by atoms with Crippen molar-refractivity contribution in [1.82, 2.24) is 9.97 Å². The second kappa shape index (κ2) is 9.56. The Balaban J connectivity index is 2.00. The summed E-state index contributed by atoms with van der Waals surface area (Å²) in [4.78, 5) is 7.85. The minimum absolute atomic E-state index is 0.0159. The maximum atomic E-state index is 13.8. The van der Waals surface area contributed by atoms with Crippen LogP contribution in [0.5, 0.6) is 11.8 Å². The number of hydrogen-bond acceptors (Lipinski definition) is 6. The fourth-order valence-electron chi connectivity index (χ4n) is 2.11. The first-order valence-corrected chi connectivity index (χ1v) is 8.23. The molecular weight excluding hydrogens is 323 g/mol. The molecule has 0 saturated heterocycles. The Hall–Kier alpha value is -2.70. The Morgan fingerprint density at radius 3 is 2.84 bits per heavy atom. The Kier molecular flexibility index (Phi) is 7.13. The average Bonchev–Trinajstić information content (AvgIpc) is 2.65. The van der Waals surface area contributed by atoms with E-state index in [1.165, 1.54) is 0 Å². The first kappa shape index (κ1) is 18.6. The molecule has 1 aromatic carbocycles. The highest BCUT2D eigenvalue weighted by Crippen LogP contribution is 2.17. The maximum Gasteiger partial charge on any atom is 0.318 e. The summed E-state index contributed by atoms with van der Waals surface area (Å²) in [6, 6.07) is 7.53. The van der Waals surface area contributed by atoms with Gasteiger partial charge in [-0.25, -0.2) is 9.37 Å². The normalized spacial score (nSPS) is 11.1. The van der Waals surface area contributed by atoms with Gasteiger partial charge >= 0.3 is 6.01 Å². The van der Waals surface area contributed by atoms with Gasteiger partial charge < -0.3 is 9.47 Å². The largest absolute Gasteiger partial charge is 0.497 e. The standard InChI is InChI=1S/C18H23FN4O2/c1-4-13(5-2)10-21-23-17-16(19)11-20-18(22-17)25-12-14-7-6-8-15(9-14)24-3/h6-11,13H,4-5,12H2,1-3H3,(H,20,22,23)/b21-10+. The van der Waals surface area contributed by atoms with Gasteiger partial charge in [0.15, 0.2) is 11.6 Å². The molecule has 0 saturated carbocycles. The Bertz CT molecular complexity index is 705. The minimum atomic E-state index is -0.588. The van der Waals surface area contributed by atoms with E-state index in [-0.39, 0.29) is 18.4 Å². The van der Waals surface area contributed by atoms with Crippen LogP contribution in [-0.2, 0) is 6.61 Å². The molecule has 1 N–H and O–H groups in total. The molecule has 0 aliphatic rings. The Labute approximate surface area is 147 Å². The van der Waals surface area contributed by atoms with Crippen LogP contribution in [0.2, 0.25) is 0 Å². The second-order valence-electron chi connectivity index (χ2n) is 5.46. The number of halogens is 1. The first-order valence-electron chi connectivity index (χ1n) is 8.23. The zero-order chi connectivity index (χ0) is 18.1. The Morgan fingerprint density at radius 1 is 1.32 bits per heavy atom. The lowest BCUT2D eigenvalue weighted by Gasteiger charge is -2.08. The van der Waals surface area contributed by atoms with Gasteiger partial charge in [-0.05, 0) is 36.5 Å². The van der Waals surface area contributed by atoms with Gasteiger partial charge in [0.05, 0.1) is 13.3 Å². The number of methoxy groups -OCH3 is 1. The summed E-state index contributed by atoms with van der Waals surface area (Å²) in [5.74, 6) is 0.480. The van der Waals surface area contributed by atoms with E-state index in [4.69, 9.17) is 9.47 Å². The molecule has 0 fully saturated rings. The number of hydrazone groups is 1. The van der Waals surface area contributed by atoms with Gasteiger partial charge in [0.1, 0.15) is 12.4 Å². The second-order valence-corrected chi connectivity index (χ2v) is 5.46. The summed E-state index contributed by atoms with van der Waals surface area (Å²) < 4.78 is 24.5. The molecule has 7 heteroatoms. The summed E-state index contributed by atoms with van der Waals surface area (Å²) in [6.45, 7) is 4.41. The van der Waals surface area contributed by atoms with Crippen LogP contribution in [0, 0.1) is 11.7 Å². The molecule has 2 rings (SSSR count). The fraction of sp³-hybridized carbons (Fsp3) is 0.389. The zero-order valence-electron chi connectivity index (χ0n) is 14.7. The number of ether oxygens (including phenoxy) is 2.